The summed E-state index contributed by atoms with van der Waals surface area (Å²) < 4.78 is 11.6. The van der Waals surface area contributed by atoms with Crippen LogP contribution in [0.2, 0.25) is 0 Å². The quantitative estimate of drug-likeness (QED) is 0.196. The minimum atomic E-state index is -1.82. The average molecular weight is 646 g/mol. The highest BCUT2D eigenvalue weighted by molar-refractivity contribution is 9.11. The van der Waals surface area contributed by atoms with Gasteiger partial charge in [-0.15, -0.1) is 0 Å². The van der Waals surface area contributed by atoms with Gasteiger partial charge < -0.3 is 24.7 Å². The Morgan fingerprint density at radius 1 is 0.750 bits per heavy atom. The van der Waals surface area contributed by atoms with Gasteiger partial charge in [0.05, 0.1) is 22.0 Å². The third-order valence-electron chi connectivity index (χ3n) is 3.09. The molecule has 0 bridgehead atoms. The fraction of sp³-hybridized carbons (Fsp3) is 0.143. The number of nitrogens with zero attached hydrogens (tertiary/aromatic N) is 4. The van der Waals surface area contributed by atoms with Crippen molar-refractivity contribution in [1.82, 2.24) is 0 Å². The molecule has 9 nitrogen and oxygen atoms in total. The van der Waals surface area contributed by atoms with Gasteiger partial charge in [-0.05, 0) is 56.1 Å². The average Bonchev–Trinajstić information content (AvgIpc) is 2.63. The molecular formula is C14H11BBr4N4O5. The predicted molar refractivity (Wildman–Crippen MR) is 114 cm³/mol. The number of benzene rings is 2. The summed E-state index contributed by atoms with van der Waals surface area (Å²) in [4.78, 5) is 0. The molecule has 0 spiro atoms. The van der Waals surface area contributed by atoms with E-state index in [1.165, 1.54) is 0 Å². The highest BCUT2D eigenvalue weighted by Crippen LogP contribution is 2.33. The highest BCUT2D eigenvalue weighted by Gasteiger charge is 2.21. The predicted octanol–water partition coefficient (Wildman–Crippen LogP) is 5.59. The van der Waals surface area contributed by atoms with Crippen molar-refractivity contribution in [1.29, 1.82) is 0 Å². The van der Waals surface area contributed by atoms with Gasteiger partial charge >= 0.3 is 7.32 Å². The Labute approximate surface area is 193 Å². The van der Waals surface area contributed by atoms with Gasteiger partial charge in [0.15, 0.2) is 0 Å². The maximum absolute atomic E-state index is 9.89. The van der Waals surface area contributed by atoms with Gasteiger partial charge in [0, 0.05) is 30.6 Å². The number of rotatable bonds is 8. The summed E-state index contributed by atoms with van der Waals surface area (Å²) in [5, 5.41) is 43.2. The molecular weight excluding hydrogens is 635 g/mol. The van der Waals surface area contributed by atoms with Crippen LogP contribution in [0.4, 0.5) is 0 Å². The first-order valence-electron chi connectivity index (χ1n) is 7.35. The second-order valence-corrected chi connectivity index (χ2v) is 8.61. The van der Waals surface area contributed by atoms with Crippen LogP contribution >= 0.6 is 63.7 Å². The van der Waals surface area contributed by atoms with E-state index in [-0.39, 0.29) is 24.6 Å². The van der Waals surface area contributed by atoms with E-state index >= 15 is 0 Å². The van der Waals surface area contributed by atoms with Crippen molar-refractivity contribution in [3.05, 3.63) is 53.3 Å². The summed E-state index contributed by atoms with van der Waals surface area (Å²) in [7, 11) is -1.82. The maximum Gasteiger partial charge on any atom is 0.831 e. The molecule has 0 saturated carbocycles. The van der Waals surface area contributed by atoms with Crippen LogP contribution in [-0.4, -0.2) is 22.6 Å². The van der Waals surface area contributed by atoms with Gasteiger partial charge in [-0.2, -0.15) is 10.2 Å². The van der Waals surface area contributed by atoms with E-state index in [1.54, 1.807) is 24.3 Å². The Bertz CT molecular complexity index is 831. The van der Waals surface area contributed by atoms with Crippen molar-refractivity contribution in [2.45, 2.75) is 13.1 Å². The van der Waals surface area contributed by atoms with Crippen molar-refractivity contribution in [2.24, 2.45) is 20.8 Å². The Kier molecular flexibility index (Phi) is 9.14. The van der Waals surface area contributed by atoms with Crippen molar-refractivity contribution < 1.29 is 24.7 Å². The summed E-state index contributed by atoms with van der Waals surface area (Å²) in [6, 6.07) is 6.69. The normalized spacial score (nSPS) is 11.3. The van der Waals surface area contributed by atoms with Crippen molar-refractivity contribution in [3.63, 3.8) is 0 Å². The van der Waals surface area contributed by atoms with Gasteiger partial charge in [-0.1, -0.05) is 31.9 Å². The molecule has 14 heteroatoms. The molecule has 0 saturated heterocycles. The Morgan fingerprint density at radius 3 is 1.54 bits per heavy atom. The minimum absolute atomic E-state index is 0.00908. The van der Waals surface area contributed by atoms with Gasteiger partial charge in [0.2, 0.25) is 0 Å². The van der Waals surface area contributed by atoms with Gasteiger partial charge in [0.1, 0.15) is 11.5 Å². The van der Waals surface area contributed by atoms with E-state index in [4.69, 9.17) is 0 Å². The minimum Gasteiger partial charge on any atom is -0.506 e. The largest absolute Gasteiger partial charge is 0.831 e. The van der Waals surface area contributed by atoms with Crippen LogP contribution in [0.15, 0.2) is 62.9 Å². The highest BCUT2D eigenvalue weighted by atomic mass is 79.9. The number of hydrogen-bond donors (Lipinski definition) is 3. The molecule has 28 heavy (non-hydrogen) atoms. The Balaban J connectivity index is 1.79. The molecule has 0 unspecified atom stereocenters. The van der Waals surface area contributed by atoms with Crippen LogP contribution in [0.5, 0.6) is 11.5 Å². The van der Waals surface area contributed by atoms with E-state index in [0.717, 1.165) is 8.95 Å². The first-order valence-corrected chi connectivity index (χ1v) is 10.5. The second-order valence-electron chi connectivity index (χ2n) is 5.07. The smallest absolute Gasteiger partial charge is 0.506 e. The number of halogens is 4. The van der Waals surface area contributed by atoms with Gasteiger partial charge in [-0.25, -0.2) is 0 Å². The fourth-order valence-corrected chi connectivity index (χ4v) is 4.48. The first-order chi connectivity index (χ1) is 13.3. The first kappa shape index (κ1) is 23.1. The molecule has 0 amide bonds. The van der Waals surface area contributed by atoms with E-state index in [0.29, 0.717) is 20.1 Å². The molecule has 0 heterocycles. The van der Waals surface area contributed by atoms with E-state index < -0.39 is 7.32 Å². The van der Waals surface area contributed by atoms with Crippen molar-refractivity contribution >= 4 is 71.0 Å². The number of phenolic OH excluding ortho intramolecular Hbond substituents is 2. The zero-order valence-corrected chi connectivity index (χ0v) is 20.1. The SMILES string of the molecule is OB(ON=NCc1cc(Br)cc(Br)c1O)ON=NCc1cc(Br)cc(Br)c1O. The van der Waals surface area contributed by atoms with Crippen molar-refractivity contribution in [3.8, 4) is 11.5 Å². The molecule has 0 aliphatic rings. The molecule has 0 radical (unpaired) electrons. The lowest BCUT2D eigenvalue weighted by Gasteiger charge is -2.04. The fourth-order valence-electron chi connectivity index (χ4n) is 1.86. The molecule has 3 N–H and O–H groups in total. The molecule has 2 rings (SSSR count). The Hall–Kier alpha value is -1.22. The van der Waals surface area contributed by atoms with Crippen LogP contribution in [0.25, 0.3) is 0 Å². The molecule has 0 atom stereocenters. The number of hydrogen-bond acceptors (Lipinski definition) is 9. The molecule has 2 aromatic rings. The van der Waals surface area contributed by atoms with Crippen LogP contribution in [-0.2, 0) is 22.6 Å². The number of phenols is 2. The molecule has 0 aliphatic carbocycles. The maximum atomic E-state index is 9.89. The second kappa shape index (κ2) is 11.1. The zero-order valence-electron chi connectivity index (χ0n) is 13.8. The number of aromatic hydroxyl groups is 2. The summed E-state index contributed by atoms with van der Waals surface area (Å²) in [5.74, 6) is 0.0466. The standard InChI is InChI=1S/C14H11BBr4N4O5/c16-9-1-7(13(24)11(18)3-9)5-20-22-27-15(26)28-23-21-6-8-2-10(17)4-12(19)14(8)25/h1-4,24-26H,5-6H2. The van der Waals surface area contributed by atoms with E-state index in [1.807, 2.05) is 0 Å². The third kappa shape index (κ3) is 6.99. The summed E-state index contributed by atoms with van der Waals surface area (Å²) in [5.41, 5.74) is 0.979. The van der Waals surface area contributed by atoms with Crippen molar-refractivity contribution in [2.75, 3.05) is 0 Å². The molecule has 148 valence electrons. The van der Waals surface area contributed by atoms with Crippen LogP contribution in [0.3, 0.4) is 0 Å². The van der Waals surface area contributed by atoms with Crippen LogP contribution in [0, 0.1) is 0 Å². The topological polar surface area (TPSA) is 129 Å². The van der Waals surface area contributed by atoms with Crippen LogP contribution < -0.4 is 0 Å². The van der Waals surface area contributed by atoms with E-state index in [2.05, 4.69) is 94.0 Å². The summed E-state index contributed by atoms with van der Waals surface area (Å²) in [6.07, 6.45) is 0. The molecule has 0 fully saturated rings. The molecule has 0 aromatic heterocycles. The lowest BCUT2D eigenvalue weighted by atomic mass is 10.2. The van der Waals surface area contributed by atoms with Crippen LogP contribution in [0.1, 0.15) is 11.1 Å². The molecule has 0 aliphatic heterocycles. The third-order valence-corrected chi connectivity index (χ3v) is 5.21. The molecule has 2 aromatic carbocycles. The summed E-state index contributed by atoms with van der Waals surface area (Å²) in [6.45, 7) is 0.0182. The zero-order chi connectivity index (χ0) is 20.7. The Morgan fingerprint density at radius 2 is 1.14 bits per heavy atom. The monoisotopic (exact) mass is 642 g/mol. The van der Waals surface area contributed by atoms with Gasteiger partial charge in [-0.3, -0.25) is 0 Å². The van der Waals surface area contributed by atoms with Gasteiger partial charge in [0.25, 0.3) is 0 Å². The lowest BCUT2D eigenvalue weighted by molar-refractivity contribution is 0.120. The summed E-state index contributed by atoms with van der Waals surface area (Å²) >= 11 is 13.0. The van der Waals surface area contributed by atoms with E-state index in [9.17, 15) is 15.2 Å². The lowest BCUT2D eigenvalue weighted by Crippen LogP contribution is -2.16.